The smallest absolute Gasteiger partial charge is 0.250 e. The minimum Gasteiger partial charge on any atom is -0.391 e. The van der Waals surface area contributed by atoms with Crippen LogP contribution in [0.25, 0.3) is 0 Å². The number of nitrogens with one attached hydrogen (secondary N) is 1. The summed E-state index contributed by atoms with van der Waals surface area (Å²) in [6, 6.07) is 12.9. The number of thiophene rings is 1. The summed E-state index contributed by atoms with van der Waals surface area (Å²) in [6.07, 6.45) is -0.0109. The van der Waals surface area contributed by atoms with Crippen molar-refractivity contribution in [3.8, 4) is 0 Å². The van der Waals surface area contributed by atoms with Gasteiger partial charge in [0.25, 0.3) is 10.0 Å². The lowest BCUT2D eigenvalue weighted by molar-refractivity contribution is -0.133. The molecule has 0 radical (unpaired) electrons. The molecule has 0 unspecified atom stereocenters. The van der Waals surface area contributed by atoms with Crippen LogP contribution in [0.4, 0.5) is 0 Å². The van der Waals surface area contributed by atoms with Crippen LogP contribution in [-0.2, 0) is 14.8 Å². The van der Waals surface area contributed by atoms with Crippen LogP contribution >= 0.6 is 11.3 Å². The first kappa shape index (κ1) is 18.1. The molecule has 1 saturated heterocycles. The lowest BCUT2D eigenvalue weighted by Crippen LogP contribution is -2.48. The number of amides is 1. The fraction of sp³-hybridized carbons (Fsp3) is 0.353. The molecule has 1 aromatic carbocycles. The number of rotatable bonds is 5. The van der Waals surface area contributed by atoms with Crippen LogP contribution in [0.15, 0.2) is 52.1 Å². The number of carbonyl (C=O) groups excluding carboxylic acids is 1. The van der Waals surface area contributed by atoms with Crippen LogP contribution in [0.5, 0.6) is 0 Å². The molecule has 0 aliphatic carbocycles. The van der Waals surface area contributed by atoms with Gasteiger partial charge in [-0.25, -0.2) is 13.1 Å². The van der Waals surface area contributed by atoms with E-state index in [0.29, 0.717) is 13.0 Å². The lowest BCUT2D eigenvalue weighted by Gasteiger charge is -2.36. The van der Waals surface area contributed by atoms with E-state index in [0.717, 1.165) is 16.9 Å². The van der Waals surface area contributed by atoms with Gasteiger partial charge in [-0.3, -0.25) is 4.79 Å². The van der Waals surface area contributed by atoms with Gasteiger partial charge in [0.1, 0.15) is 4.21 Å². The summed E-state index contributed by atoms with van der Waals surface area (Å²) in [7, 11) is -3.66. The van der Waals surface area contributed by atoms with E-state index in [2.05, 4.69) is 4.72 Å². The molecule has 1 amide bonds. The molecule has 2 N–H and O–H groups in total. The minimum absolute atomic E-state index is 0.00643. The second kappa shape index (κ2) is 7.65. The fourth-order valence-corrected chi connectivity index (χ4v) is 5.02. The second-order valence-electron chi connectivity index (χ2n) is 5.97. The number of likely N-dealkylation sites (tertiary alicyclic amines) is 1. The molecule has 1 aliphatic rings. The number of aliphatic hydroxyl groups is 1. The van der Waals surface area contributed by atoms with Crippen molar-refractivity contribution in [2.45, 2.75) is 22.7 Å². The highest BCUT2D eigenvalue weighted by Gasteiger charge is 2.31. The maximum Gasteiger partial charge on any atom is 0.250 e. The Morgan fingerprint density at radius 1 is 1.24 bits per heavy atom. The van der Waals surface area contributed by atoms with Gasteiger partial charge in [0, 0.05) is 19.0 Å². The molecule has 2 aromatic rings. The largest absolute Gasteiger partial charge is 0.391 e. The topological polar surface area (TPSA) is 86.7 Å². The molecule has 134 valence electrons. The van der Waals surface area contributed by atoms with Crippen LogP contribution in [0, 0.1) is 0 Å². The molecule has 6 nitrogen and oxygen atoms in total. The molecule has 2 heterocycles. The molecule has 25 heavy (non-hydrogen) atoms. The van der Waals surface area contributed by atoms with Crippen molar-refractivity contribution in [2.75, 3.05) is 19.6 Å². The Kier molecular flexibility index (Phi) is 5.53. The fourth-order valence-electron chi connectivity index (χ4n) is 3.00. The molecule has 3 rings (SSSR count). The maximum atomic E-state index is 12.3. The van der Waals surface area contributed by atoms with Crippen molar-refractivity contribution in [2.24, 2.45) is 0 Å². The monoisotopic (exact) mass is 380 g/mol. The first-order valence-corrected chi connectivity index (χ1v) is 10.4. The summed E-state index contributed by atoms with van der Waals surface area (Å²) in [4.78, 5) is 13.8. The predicted molar refractivity (Wildman–Crippen MR) is 95.9 cm³/mol. The Hall–Kier alpha value is -1.74. The average Bonchev–Trinajstić information content (AvgIpc) is 3.16. The van der Waals surface area contributed by atoms with Crippen LogP contribution in [0.1, 0.15) is 17.9 Å². The van der Waals surface area contributed by atoms with Crippen LogP contribution in [0.2, 0.25) is 0 Å². The highest BCUT2D eigenvalue weighted by molar-refractivity contribution is 7.91. The number of benzene rings is 1. The van der Waals surface area contributed by atoms with Gasteiger partial charge in [0.15, 0.2) is 0 Å². The minimum atomic E-state index is -3.66. The van der Waals surface area contributed by atoms with Gasteiger partial charge in [0.05, 0.1) is 12.6 Å². The normalized spacial score (nSPS) is 21.2. The predicted octanol–water partition coefficient (Wildman–Crippen LogP) is 1.40. The van der Waals surface area contributed by atoms with Crippen LogP contribution < -0.4 is 4.72 Å². The van der Waals surface area contributed by atoms with E-state index in [9.17, 15) is 18.3 Å². The molecule has 0 bridgehead atoms. The number of piperidine rings is 1. The Labute approximate surface area is 151 Å². The number of β-amino-alcohol motifs (C(OH)–C–C–N with tert-alkyl or cyclic N) is 1. The molecule has 2 atom stereocenters. The lowest BCUT2D eigenvalue weighted by atomic mass is 9.87. The molecule has 0 spiro atoms. The number of nitrogens with zero attached hydrogens (tertiary/aromatic N) is 1. The highest BCUT2D eigenvalue weighted by Crippen LogP contribution is 2.28. The summed E-state index contributed by atoms with van der Waals surface area (Å²) < 4.78 is 26.6. The summed E-state index contributed by atoms with van der Waals surface area (Å²) >= 11 is 1.10. The molecule has 1 aliphatic heterocycles. The van der Waals surface area contributed by atoms with Gasteiger partial charge in [-0.05, 0) is 23.4 Å². The SMILES string of the molecule is O=C(CNS(=O)(=O)c1cccs1)N1CC[C@H](c2ccccc2)[C@H](O)C1. The van der Waals surface area contributed by atoms with Crippen molar-refractivity contribution in [1.82, 2.24) is 9.62 Å². The number of hydrogen-bond donors (Lipinski definition) is 2. The molecule has 1 fully saturated rings. The van der Waals surface area contributed by atoms with Gasteiger partial charge < -0.3 is 10.0 Å². The van der Waals surface area contributed by atoms with Crippen LogP contribution in [0.3, 0.4) is 0 Å². The molecule has 0 saturated carbocycles. The third-order valence-corrected chi connectivity index (χ3v) is 7.13. The van der Waals surface area contributed by atoms with Crippen molar-refractivity contribution in [1.29, 1.82) is 0 Å². The van der Waals surface area contributed by atoms with E-state index >= 15 is 0 Å². The first-order valence-electron chi connectivity index (χ1n) is 8.01. The second-order valence-corrected chi connectivity index (χ2v) is 8.91. The van der Waals surface area contributed by atoms with Gasteiger partial charge in [-0.2, -0.15) is 0 Å². The summed E-state index contributed by atoms with van der Waals surface area (Å²) in [5, 5.41) is 12.1. The van der Waals surface area contributed by atoms with E-state index in [1.807, 2.05) is 30.3 Å². The average molecular weight is 380 g/mol. The Morgan fingerprint density at radius 2 is 2.00 bits per heavy atom. The van der Waals surface area contributed by atoms with E-state index in [1.54, 1.807) is 11.4 Å². The Balaban J connectivity index is 1.56. The Bertz CT molecular complexity index is 806. The molecular formula is C17H20N2O4S2. The van der Waals surface area contributed by atoms with Gasteiger partial charge in [0.2, 0.25) is 5.91 Å². The number of hydrogen-bond acceptors (Lipinski definition) is 5. The maximum absolute atomic E-state index is 12.3. The van der Waals surface area contributed by atoms with Crippen molar-refractivity contribution < 1.29 is 18.3 Å². The van der Waals surface area contributed by atoms with Crippen LogP contribution in [-0.4, -0.2) is 50.1 Å². The zero-order valence-electron chi connectivity index (χ0n) is 13.5. The number of sulfonamides is 1. The number of carbonyl (C=O) groups is 1. The molecule has 8 heteroatoms. The third kappa shape index (κ3) is 4.27. The quantitative estimate of drug-likeness (QED) is 0.821. The summed E-state index contributed by atoms with van der Waals surface area (Å²) in [5.74, 6) is -0.334. The highest BCUT2D eigenvalue weighted by atomic mass is 32.2. The third-order valence-electron chi connectivity index (χ3n) is 4.34. The zero-order chi connectivity index (χ0) is 17.9. The standard InChI is InChI=1S/C17H20N2O4S2/c20-15-12-19(9-8-14(15)13-5-2-1-3-6-13)16(21)11-18-25(22,23)17-7-4-10-24-17/h1-7,10,14-15,18,20H,8-9,11-12H2/t14-,15-/m1/s1. The molecular weight excluding hydrogens is 360 g/mol. The summed E-state index contributed by atoms with van der Waals surface area (Å²) in [6.45, 7) is 0.401. The van der Waals surface area contributed by atoms with E-state index < -0.39 is 16.1 Å². The first-order chi connectivity index (χ1) is 12.0. The summed E-state index contributed by atoms with van der Waals surface area (Å²) in [5.41, 5.74) is 1.06. The van der Waals surface area contributed by atoms with Gasteiger partial charge >= 0.3 is 0 Å². The van der Waals surface area contributed by atoms with E-state index in [4.69, 9.17) is 0 Å². The van der Waals surface area contributed by atoms with Gasteiger partial charge in [-0.1, -0.05) is 36.4 Å². The van der Waals surface area contributed by atoms with Crippen molar-refractivity contribution >= 4 is 27.3 Å². The van der Waals surface area contributed by atoms with E-state index in [1.165, 1.54) is 11.0 Å². The Morgan fingerprint density at radius 3 is 2.64 bits per heavy atom. The van der Waals surface area contributed by atoms with E-state index in [-0.39, 0.29) is 29.1 Å². The van der Waals surface area contributed by atoms with Crippen molar-refractivity contribution in [3.63, 3.8) is 0 Å². The van der Waals surface area contributed by atoms with Crippen molar-refractivity contribution in [3.05, 3.63) is 53.4 Å². The zero-order valence-corrected chi connectivity index (χ0v) is 15.2. The number of aliphatic hydroxyl groups excluding tert-OH is 1. The molecule has 1 aromatic heterocycles. The van der Waals surface area contributed by atoms with Gasteiger partial charge in [-0.15, -0.1) is 11.3 Å².